The van der Waals surface area contributed by atoms with Gasteiger partial charge in [-0.1, -0.05) is 42.4 Å². The Hall–Kier alpha value is -4.28. The number of aryl methyl sites for hydroxylation is 1. The summed E-state index contributed by atoms with van der Waals surface area (Å²) in [7, 11) is 2.93. The third kappa shape index (κ3) is 6.23. The highest BCUT2D eigenvalue weighted by atomic mass is 16.4. The second kappa shape index (κ2) is 11.9. The number of hydrogen-bond donors (Lipinski definition) is 2. The topological polar surface area (TPSA) is 148 Å². The van der Waals surface area contributed by atoms with Crippen molar-refractivity contribution in [2.24, 2.45) is 5.92 Å². The van der Waals surface area contributed by atoms with Crippen LogP contribution in [0.15, 0.2) is 53.3 Å². The van der Waals surface area contributed by atoms with Crippen LogP contribution in [-0.2, 0) is 16.0 Å². The predicted octanol–water partition coefficient (Wildman–Crippen LogP) is 2.54. The van der Waals surface area contributed by atoms with Crippen molar-refractivity contribution in [3.63, 3.8) is 0 Å². The minimum atomic E-state index is -1.16. The third-order valence-electron chi connectivity index (χ3n) is 5.95. The molecule has 0 bridgehead atoms. The second-order valence-corrected chi connectivity index (χ2v) is 8.54. The van der Waals surface area contributed by atoms with E-state index in [0.29, 0.717) is 24.2 Å². The van der Waals surface area contributed by atoms with Crippen LogP contribution >= 0.6 is 0 Å². The standard InChI is InChI=1S/C25H31N7O4/c1-5-20(18-9-7-6-8-10-18)29-24(35)31(3)22(23(34)32(4)25-30-27-15-36-25)19(14-33)12-17-11-16(2)28-21(26)13-17/h6-11,13-15,19-20,22H,5,12H2,1-4H3,(H2,26,28)(H,29,35)/t19-,20+,22-/m0/s1. The zero-order valence-electron chi connectivity index (χ0n) is 20.8. The van der Waals surface area contributed by atoms with Gasteiger partial charge in [0, 0.05) is 25.7 Å². The lowest BCUT2D eigenvalue weighted by Crippen LogP contribution is -2.55. The lowest BCUT2D eigenvalue weighted by Gasteiger charge is -2.34. The second-order valence-electron chi connectivity index (χ2n) is 8.54. The smallest absolute Gasteiger partial charge is 0.324 e. The quantitative estimate of drug-likeness (QED) is 0.410. The molecule has 3 amide bonds. The lowest BCUT2D eigenvalue weighted by atomic mass is 9.91. The summed E-state index contributed by atoms with van der Waals surface area (Å²) < 4.78 is 5.16. The monoisotopic (exact) mass is 493 g/mol. The van der Waals surface area contributed by atoms with Gasteiger partial charge >= 0.3 is 12.0 Å². The first kappa shape index (κ1) is 26.3. The SMILES string of the molecule is CC[C@@H](NC(=O)N(C)[C@H](C(=O)N(C)c1nnco1)[C@H](C=O)Cc1cc(C)nc(N)c1)c1ccccc1. The lowest BCUT2D eigenvalue weighted by molar-refractivity contribution is -0.127. The molecule has 0 saturated carbocycles. The molecule has 0 unspecified atom stereocenters. The fourth-order valence-corrected chi connectivity index (χ4v) is 4.12. The van der Waals surface area contributed by atoms with E-state index < -0.39 is 23.9 Å². The molecule has 3 aromatic rings. The Balaban J connectivity index is 1.92. The summed E-state index contributed by atoms with van der Waals surface area (Å²) in [6.07, 6.45) is 2.57. The molecule has 2 aromatic heterocycles. The van der Waals surface area contributed by atoms with Crippen molar-refractivity contribution in [2.75, 3.05) is 24.7 Å². The minimum absolute atomic E-state index is 0.0526. The van der Waals surface area contributed by atoms with Crippen molar-refractivity contribution in [3.05, 3.63) is 65.7 Å². The molecular weight excluding hydrogens is 462 g/mol. The Labute approximate surface area is 209 Å². The van der Waals surface area contributed by atoms with Gasteiger partial charge in [0.15, 0.2) is 0 Å². The molecule has 36 heavy (non-hydrogen) atoms. The summed E-state index contributed by atoms with van der Waals surface area (Å²) in [5, 5.41) is 10.4. The third-order valence-corrected chi connectivity index (χ3v) is 5.95. The van der Waals surface area contributed by atoms with Gasteiger partial charge in [-0.3, -0.25) is 9.69 Å². The van der Waals surface area contributed by atoms with Crippen LogP contribution in [0, 0.1) is 12.8 Å². The van der Waals surface area contributed by atoms with Crippen LogP contribution in [0.4, 0.5) is 16.6 Å². The van der Waals surface area contributed by atoms with Crippen LogP contribution in [-0.4, -0.2) is 58.4 Å². The zero-order chi connectivity index (χ0) is 26.2. The van der Waals surface area contributed by atoms with Gasteiger partial charge < -0.3 is 25.2 Å². The van der Waals surface area contributed by atoms with E-state index >= 15 is 0 Å². The van der Waals surface area contributed by atoms with Crippen molar-refractivity contribution in [1.29, 1.82) is 0 Å². The van der Waals surface area contributed by atoms with Gasteiger partial charge in [0.05, 0.1) is 6.04 Å². The van der Waals surface area contributed by atoms with Crippen LogP contribution in [0.5, 0.6) is 0 Å². The first-order valence-corrected chi connectivity index (χ1v) is 11.6. The summed E-state index contributed by atoms with van der Waals surface area (Å²) in [5.74, 6) is -1.14. The van der Waals surface area contributed by atoms with Gasteiger partial charge in [-0.25, -0.2) is 9.78 Å². The van der Waals surface area contributed by atoms with Gasteiger partial charge in [0.2, 0.25) is 6.39 Å². The molecule has 0 saturated heterocycles. The molecule has 11 nitrogen and oxygen atoms in total. The van der Waals surface area contributed by atoms with Crippen molar-refractivity contribution in [2.45, 2.75) is 38.8 Å². The Morgan fingerprint density at radius 3 is 2.50 bits per heavy atom. The molecule has 190 valence electrons. The van der Waals surface area contributed by atoms with E-state index in [4.69, 9.17) is 10.2 Å². The Bertz CT molecular complexity index is 1150. The van der Waals surface area contributed by atoms with Crippen LogP contribution in [0.1, 0.15) is 36.2 Å². The maximum Gasteiger partial charge on any atom is 0.324 e. The first-order valence-electron chi connectivity index (χ1n) is 11.6. The summed E-state index contributed by atoms with van der Waals surface area (Å²) in [6.45, 7) is 3.74. The van der Waals surface area contributed by atoms with E-state index in [1.54, 1.807) is 19.1 Å². The number of benzene rings is 1. The number of hydrogen-bond acceptors (Lipinski definition) is 8. The molecule has 11 heteroatoms. The first-order chi connectivity index (χ1) is 17.2. The maximum absolute atomic E-state index is 13.6. The summed E-state index contributed by atoms with van der Waals surface area (Å²) in [6, 6.07) is 11.0. The van der Waals surface area contributed by atoms with Crippen molar-refractivity contribution >= 4 is 30.1 Å². The van der Waals surface area contributed by atoms with Crippen LogP contribution in [0.2, 0.25) is 0 Å². The number of nitrogen functional groups attached to an aromatic ring is 1. The van der Waals surface area contributed by atoms with Gasteiger partial charge in [-0.05, 0) is 43.0 Å². The average Bonchev–Trinajstić information content (AvgIpc) is 3.41. The van der Waals surface area contributed by atoms with Gasteiger partial charge in [0.25, 0.3) is 5.91 Å². The number of nitrogens with zero attached hydrogens (tertiary/aromatic N) is 5. The summed E-state index contributed by atoms with van der Waals surface area (Å²) in [5.41, 5.74) is 8.22. The van der Waals surface area contributed by atoms with E-state index in [0.717, 1.165) is 22.4 Å². The van der Waals surface area contributed by atoms with E-state index in [-0.39, 0.29) is 18.5 Å². The molecular formula is C25H31N7O4. The van der Waals surface area contributed by atoms with Crippen molar-refractivity contribution in [1.82, 2.24) is 25.4 Å². The predicted molar refractivity (Wildman–Crippen MR) is 134 cm³/mol. The van der Waals surface area contributed by atoms with Gasteiger partial charge in [0.1, 0.15) is 18.1 Å². The molecule has 2 heterocycles. The number of rotatable bonds is 10. The highest BCUT2D eigenvalue weighted by Gasteiger charge is 2.38. The molecule has 0 aliphatic carbocycles. The van der Waals surface area contributed by atoms with E-state index in [1.165, 1.54) is 19.0 Å². The molecule has 3 atom stereocenters. The number of anilines is 2. The number of aromatic nitrogens is 3. The zero-order valence-corrected chi connectivity index (χ0v) is 20.8. The Morgan fingerprint density at radius 1 is 1.19 bits per heavy atom. The summed E-state index contributed by atoms with van der Waals surface area (Å²) >= 11 is 0. The normalized spacial score (nSPS) is 13.3. The molecule has 0 fully saturated rings. The Morgan fingerprint density at radius 2 is 1.92 bits per heavy atom. The average molecular weight is 494 g/mol. The van der Waals surface area contributed by atoms with E-state index in [2.05, 4.69) is 20.5 Å². The van der Waals surface area contributed by atoms with Crippen LogP contribution in [0.3, 0.4) is 0 Å². The highest BCUT2D eigenvalue weighted by molar-refractivity contribution is 5.98. The number of carbonyl (C=O) groups excluding carboxylic acids is 3. The molecule has 3 N–H and O–H groups in total. The molecule has 0 aliphatic rings. The Kier molecular flexibility index (Phi) is 8.71. The number of urea groups is 1. The van der Waals surface area contributed by atoms with Gasteiger partial charge in [-0.2, -0.15) is 0 Å². The molecule has 3 rings (SSSR count). The van der Waals surface area contributed by atoms with Gasteiger partial charge in [-0.15, -0.1) is 5.10 Å². The fraction of sp³-hybridized carbons (Fsp3) is 0.360. The molecule has 1 aromatic carbocycles. The highest BCUT2D eigenvalue weighted by Crippen LogP contribution is 2.22. The number of nitrogens with one attached hydrogen (secondary N) is 1. The molecule has 0 aliphatic heterocycles. The van der Waals surface area contributed by atoms with Crippen LogP contribution < -0.4 is 16.0 Å². The number of carbonyl (C=O) groups is 3. The van der Waals surface area contributed by atoms with Crippen molar-refractivity contribution < 1.29 is 18.8 Å². The number of aldehydes is 1. The number of nitrogens with two attached hydrogens (primary N) is 1. The number of pyridine rings is 1. The number of likely N-dealkylation sites (N-methyl/N-ethyl adjacent to an activating group) is 2. The van der Waals surface area contributed by atoms with Crippen molar-refractivity contribution in [3.8, 4) is 0 Å². The molecule has 0 radical (unpaired) electrons. The molecule has 0 spiro atoms. The number of amides is 3. The fourth-order valence-electron chi connectivity index (χ4n) is 4.12. The maximum atomic E-state index is 13.6. The van der Waals surface area contributed by atoms with E-state index in [9.17, 15) is 14.4 Å². The minimum Gasteiger partial charge on any atom is -0.411 e. The largest absolute Gasteiger partial charge is 0.411 e. The van der Waals surface area contributed by atoms with E-state index in [1.807, 2.05) is 37.3 Å². The summed E-state index contributed by atoms with van der Waals surface area (Å²) in [4.78, 5) is 45.9. The van der Waals surface area contributed by atoms with Crippen LogP contribution in [0.25, 0.3) is 0 Å².